The number of H-pyrrole nitrogens is 1. The van der Waals surface area contributed by atoms with Crippen molar-refractivity contribution in [3.63, 3.8) is 0 Å². The average molecular weight is 802 g/mol. The average Bonchev–Trinajstić information content (AvgIpc) is 3.63. The predicted molar refractivity (Wildman–Crippen MR) is 214 cm³/mol. The minimum absolute atomic E-state index is 0.0204. The second-order valence-electron chi connectivity index (χ2n) is 15.9. The van der Waals surface area contributed by atoms with Crippen LogP contribution in [0.3, 0.4) is 0 Å². The van der Waals surface area contributed by atoms with Crippen molar-refractivity contribution >= 4 is 33.5 Å². The number of alkyl carbamates (subject to hydrolysis) is 1. The van der Waals surface area contributed by atoms with Crippen LogP contribution in [-0.2, 0) is 35.5 Å². The molecule has 0 radical (unpaired) electrons. The van der Waals surface area contributed by atoms with Gasteiger partial charge in [0.1, 0.15) is 11.4 Å². The molecule has 3 aromatic carbocycles. The van der Waals surface area contributed by atoms with Crippen LogP contribution >= 0.6 is 0 Å². The zero-order chi connectivity index (χ0) is 40.7. The number of nitrogens with zero attached hydrogens (tertiary/aromatic N) is 2. The van der Waals surface area contributed by atoms with Crippen molar-refractivity contribution in [1.29, 1.82) is 0 Å². The molecule has 2 amide bonds. The van der Waals surface area contributed by atoms with Gasteiger partial charge in [-0.25, -0.2) is 18.0 Å². The lowest BCUT2D eigenvalue weighted by atomic mass is 9.77. The van der Waals surface area contributed by atoms with Crippen molar-refractivity contribution in [3.8, 4) is 22.5 Å². The van der Waals surface area contributed by atoms with Gasteiger partial charge in [-0.1, -0.05) is 35.5 Å². The van der Waals surface area contributed by atoms with Crippen LogP contribution in [0.4, 0.5) is 10.5 Å². The van der Waals surface area contributed by atoms with Gasteiger partial charge < -0.3 is 20.1 Å². The maximum absolute atomic E-state index is 14.0. The number of carbonyl (C=O) groups is 3. The Bertz CT molecular complexity index is 2210. The minimum atomic E-state index is -3.72. The lowest BCUT2D eigenvalue weighted by Crippen LogP contribution is -2.40. The van der Waals surface area contributed by atoms with Crippen LogP contribution < -0.4 is 16.4 Å². The number of morpholine rings is 1. The number of nitrogens with one attached hydrogen (secondary N) is 3. The van der Waals surface area contributed by atoms with E-state index in [4.69, 9.17) is 9.47 Å². The number of benzene rings is 3. The van der Waals surface area contributed by atoms with Gasteiger partial charge in [-0.15, -0.1) is 0 Å². The van der Waals surface area contributed by atoms with Crippen molar-refractivity contribution in [2.75, 3.05) is 38.2 Å². The first kappa shape index (κ1) is 41.5. The summed E-state index contributed by atoms with van der Waals surface area (Å²) in [5.74, 6) is -1.39. The number of amides is 2. The Labute approximate surface area is 332 Å². The van der Waals surface area contributed by atoms with Crippen molar-refractivity contribution in [3.05, 3.63) is 88.4 Å². The Kier molecular flexibility index (Phi) is 13.1. The molecule has 4 aromatic rings. The molecule has 15 heteroatoms. The summed E-state index contributed by atoms with van der Waals surface area (Å²) < 4.78 is 43.8. The van der Waals surface area contributed by atoms with Crippen LogP contribution in [0.1, 0.15) is 64.0 Å². The van der Waals surface area contributed by atoms with Gasteiger partial charge in [-0.05, 0) is 124 Å². The number of aromatic amines is 1. The summed E-state index contributed by atoms with van der Waals surface area (Å²) in [6, 6.07) is 19.5. The smallest absolute Gasteiger partial charge is 0.439 e. The molecule has 2 aliphatic rings. The molecule has 1 saturated carbocycles. The van der Waals surface area contributed by atoms with Gasteiger partial charge in [0, 0.05) is 49.1 Å². The Morgan fingerprint density at radius 1 is 0.965 bits per heavy atom. The highest BCUT2D eigenvalue weighted by Gasteiger charge is 2.31. The summed E-state index contributed by atoms with van der Waals surface area (Å²) in [6.07, 6.45) is 2.72. The van der Waals surface area contributed by atoms with E-state index in [-0.39, 0.29) is 47.1 Å². The van der Waals surface area contributed by atoms with Crippen LogP contribution in [0.2, 0.25) is 0 Å². The molecule has 0 unspecified atom stereocenters. The number of hydrogen-bond acceptors (Lipinski definition) is 10. The molecule has 304 valence electrons. The molecule has 0 spiro atoms. The number of anilines is 1. The number of ether oxygens (including phenoxy) is 2. The summed E-state index contributed by atoms with van der Waals surface area (Å²) in [5, 5.41) is 9.53. The first-order chi connectivity index (χ1) is 27.1. The number of aryl methyl sites for hydroxylation is 1. The van der Waals surface area contributed by atoms with Crippen LogP contribution in [0.15, 0.2) is 80.9 Å². The van der Waals surface area contributed by atoms with Gasteiger partial charge >= 0.3 is 11.8 Å². The Hall–Kier alpha value is -5.12. The minimum Gasteiger partial charge on any atom is -0.444 e. The lowest BCUT2D eigenvalue weighted by Gasteiger charge is -2.29. The largest absolute Gasteiger partial charge is 0.444 e. The molecule has 14 nitrogen and oxygen atoms in total. The van der Waals surface area contributed by atoms with Gasteiger partial charge in [0.2, 0.25) is 15.9 Å². The highest BCUT2D eigenvalue weighted by atomic mass is 32.2. The van der Waals surface area contributed by atoms with E-state index in [1.165, 1.54) is 4.31 Å². The molecule has 3 N–H and O–H groups in total. The summed E-state index contributed by atoms with van der Waals surface area (Å²) in [4.78, 5) is 54.3. The molecule has 57 heavy (non-hydrogen) atoms. The number of carbonyl (C=O) groups excluding carboxylic acids is 3. The number of rotatable bonds is 13. The fraction of sp³-hybridized carbons (Fsp3) is 0.452. The van der Waals surface area contributed by atoms with Crippen LogP contribution in [0, 0.1) is 24.7 Å². The zero-order valence-corrected chi connectivity index (χ0v) is 33.7. The van der Waals surface area contributed by atoms with E-state index < -0.39 is 33.4 Å². The Morgan fingerprint density at radius 2 is 1.68 bits per heavy atom. The van der Waals surface area contributed by atoms with E-state index in [1.807, 2.05) is 52.0 Å². The summed E-state index contributed by atoms with van der Waals surface area (Å²) in [7, 11) is -3.72. The first-order valence-electron chi connectivity index (χ1n) is 19.4. The van der Waals surface area contributed by atoms with Crippen LogP contribution in [0.5, 0.6) is 0 Å². The SMILES string of the molecule is Cc1ccc(S(=O)(=O)N2CCOCC2)cc1-c1cccc(C[C@H](CC(=O)C2CCC(CNC(=O)OC(C)(C)C)CC2)C(=O)Nc2ccc(-c3noc(=O)[nH]3)cc2)c1. The third kappa shape index (κ3) is 11.1. The van der Waals surface area contributed by atoms with Gasteiger partial charge in [0.05, 0.1) is 18.1 Å². The molecule has 6 rings (SSSR count). The van der Waals surface area contributed by atoms with E-state index in [0.717, 1.165) is 35.1 Å². The van der Waals surface area contributed by atoms with E-state index in [0.29, 0.717) is 56.9 Å². The zero-order valence-electron chi connectivity index (χ0n) is 32.8. The Balaban J connectivity index is 1.18. The molecule has 1 atom stereocenters. The van der Waals surface area contributed by atoms with E-state index in [2.05, 4.69) is 25.3 Å². The fourth-order valence-corrected chi connectivity index (χ4v) is 8.80. The van der Waals surface area contributed by atoms with Crippen molar-refractivity contribution in [2.45, 2.75) is 76.7 Å². The van der Waals surface area contributed by atoms with Crippen molar-refractivity contribution in [2.24, 2.45) is 17.8 Å². The molecular weight excluding hydrogens is 751 g/mol. The number of hydrogen-bond donors (Lipinski definition) is 3. The van der Waals surface area contributed by atoms with Crippen LogP contribution in [0.25, 0.3) is 22.5 Å². The number of ketones is 1. The monoisotopic (exact) mass is 801 g/mol. The van der Waals surface area contributed by atoms with E-state index in [9.17, 15) is 27.6 Å². The molecular formula is C42H51N5O9S. The highest BCUT2D eigenvalue weighted by molar-refractivity contribution is 7.89. The normalized spacial score (nSPS) is 18.4. The van der Waals surface area contributed by atoms with Crippen molar-refractivity contribution < 1.29 is 36.8 Å². The molecule has 1 aromatic heterocycles. The topological polar surface area (TPSA) is 190 Å². The molecule has 0 bridgehead atoms. The van der Waals surface area contributed by atoms with E-state index >= 15 is 0 Å². The molecule has 1 aliphatic heterocycles. The lowest BCUT2D eigenvalue weighted by molar-refractivity contribution is -0.129. The van der Waals surface area contributed by atoms with Gasteiger partial charge in [0.25, 0.3) is 0 Å². The predicted octanol–water partition coefficient (Wildman–Crippen LogP) is 6.11. The van der Waals surface area contributed by atoms with Crippen molar-refractivity contribution in [1.82, 2.24) is 19.8 Å². The third-order valence-corrected chi connectivity index (χ3v) is 12.4. The standard InChI is InChI=1S/C42H51N5O9S/c1-27-8-17-35(57(52,53)47-18-20-54-21-19-47)25-36(27)32-7-5-6-29(22-32)23-33(39(49)44-34-15-13-31(14-16-34)38-45-41(51)56-46-38)24-37(48)30-11-9-28(10-12-30)26-43-40(50)55-42(2,3)4/h5-8,13-17,22,25,28,30,33H,9-12,18-21,23-24,26H2,1-4H3,(H,43,50)(H,44,49)(H,45,46,51)/t28?,30?,33-/m1/s1. The van der Waals surface area contributed by atoms with Gasteiger partial charge in [-0.3, -0.25) is 19.1 Å². The van der Waals surface area contributed by atoms with Gasteiger partial charge in [0.15, 0.2) is 5.82 Å². The number of sulfonamides is 1. The summed E-state index contributed by atoms with van der Waals surface area (Å²) in [5.41, 5.74) is 3.79. The fourth-order valence-electron chi connectivity index (χ4n) is 7.37. The van der Waals surface area contributed by atoms with Gasteiger partial charge in [-0.2, -0.15) is 4.31 Å². The maximum Gasteiger partial charge on any atom is 0.439 e. The maximum atomic E-state index is 14.0. The molecule has 2 fully saturated rings. The quantitative estimate of drug-likeness (QED) is 0.142. The van der Waals surface area contributed by atoms with Crippen LogP contribution in [-0.4, -0.2) is 79.1 Å². The second kappa shape index (κ2) is 18.0. The second-order valence-corrected chi connectivity index (χ2v) is 17.8. The molecule has 2 heterocycles. The number of Topliss-reactive ketones (excluding diaryl/α,β-unsaturated/α-hetero) is 1. The highest BCUT2D eigenvalue weighted by Crippen LogP contribution is 2.33. The summed E-state index contributed by atoms with van der Waals surface area (Å²) >= 11 is 0. The number of aromatic nitrogens is 2. The van der Waals surface area contributed by atoms with E-state index in [1.54, 1.807) is 42.5 Å². The Morgan fingerprint density at radius 3 is 2.35 bits per heavy atom. The third-order valence-electron chi connectivity index (χ3n) is 10.5. The molecule has 1 saturated heterocycles. The molecule has 1 aliphatic carbocycles. The first-order valence-corrected chi connectivity index (χ1v) is 20.8. The summed E-state index contributed by atoms with van der Waals surface area (Å²) in [6.45, 7) is 9.14.